The number of carbonyl (C=O) groups is 1. The first kappa shape index (κ1) is 15.2. The first-order chi connectivity index (χ1) is 11.7. The smallest absolute Gasteiger partial charge is 0.363 e. The molecule has 0 aliphatic carbocycles. The lowest BCUT2D eigenvalue weighted by atomic mass is 10.2. The number of rotatable bonds is 4. The molecule has 0 fully saturated rings. The van der Waals surface area contributed by atoms with Crippen molar-refractivity contribution in [3.63, 3.8) is 0 Å². The molecule has 0 unspecified atom stereocenters. The van der Waals surface area contributed by atoms with Gasteiger partial charge in [-0.25, -0.2) is 9.79 Å². The van der Waals surface area contributed by atoms with Crippen LogP contribution < -0.4 is 0 Å². The Morgan fingerprint density at radius 2 is 1.96 bits per heavy atom. The molecule has 1 aromatic carbocycles. The first-order valence-corrected chi connectivity index (χ1v) is 7.00. The second-order valence-electron chi connectivity index (χ2n) is 4.77. The maximum atomic E-state index is 11.8. The molecule has 0 saturated heterocycles. The molecule has 0 saturated carbocycles. The molecular formula is C17H11N5O2. The third-order valence-electron chi connectivity index (χ3n) is 3.10. The van der Waals surface area contributed by atoms with E-state index < -0.39 is 5.97 Å². The molecule has 2 heterocycles. The number of carbonyl (C=O) groups excluding carboxylic acids is 1. The van der Waals surface area contributed by atoms with Crippen molar-refractivity contribution in [2.45, 2.75) is 0 Å². The predicted octanol–water partition coefficient (Wildman–Crippen LogP) is 4.03. The number of azide groups is 1. The van der Waals surface area contributed by atoms with Crippen LogP contribution in [-0.4, -0.2) is 16.9 Å². The van der Waals surface area contributed by atoms with Crippen LogP contribution in [0, 0.1) is 0 Å². The number of cyclic esters (lactones) is 1. The molecule has 0 atom stereocenters. The summed E-state index contributed by atoms with van der Waals surface area (Å²) in [4.78, 5) is 22.7. The van der Waals surface area contributed by atoms with Crippen LogP contribution in [-0.2, 0) is 9.53 Å². The molecule has 0 amide bonds. The number of hydrogen-bond donors (Lipinski definition) is 0. The van der Waals surface area contributed by atoms with E-state index in [0.717, 1.165) is 11.1 Å². The summed E-state index contributed by atoms with van der Waals surface area (Å²) in [6, 6.07) is 10.5. The zero-order valence-electron chi connectivity index (χ0n) is 12.4. The molecule has 0 radical (unpaired) electrons. The van der Waals surface area contributed by atoms with Crippen LogP contribution in [0.3, 0.4) is 0 Å². The fourth-order valence-electron chi connectivity index (χ4n) is 1.99. The largest absolute Gasteiger partial charge is 0.403 e. The Balaban J connectivity index is 1.75. The van der Waals surface area contributed by atoms with E-state index in [-0.39, 0.29) is 11.6 Å². The second kappa shape index (κ2) is 7.04. The third kappa shape index (κ3) is 3.73. The van der Waals surface area contributed by atoms with Gasteiger partial charge in [0.1, 0.15) is 0 Å². The highest BCUT2D eigenvalue weighted by Crippen LogP contribution is 2.17. The molecule has 2 aromatic rings. The average molecular weight is 317 g/mol. The number of aliphatic imine (C=N–C) groups is 1. The van der Waals surface area contributed by atoms with Gasteiger partial charge in [0.25, 0.3) is 0 Å². The molecule has 7 nitrogen and oxygen atoms in total. The molecule has 0 bridgehead atoms. The standard InChI is InChI=1S/C17H11N5O2/c18-22-21-14-6-3-12(4-7-14)5-8-16-20-15(17(23)24-16)10-13-2-1-9-19-11-13/h1-11H. The zero-order valence-corrected chi connectivity index (χ0v) is 12.4. The van der Waals surface area contributed by atoms with Crippen LogP contribution in [0.1, 0.15) is 11.1 Å². The van der Waals surface area contributed by atoms with Crippen molar-refractivity contribution in [1.82, 2.24) is 4.98 Å². The number of nitrogens with zero attached hydrogens (tertiary/aromatic N) is 5. The SMILES string of the molecule is [N-]=[N+]=Nc1ccc(C=CC2=NC(=Cc3cccnc3)C(=O)O2)cc1. The normalized spacial score (nSPS) is 15.2. The van der Waals surface area contributed by atoms with Gasteiger partial charge in [-0.3, -0.25) is 4.98 Å². The van der Waals surface area contributed by atoms with E-state index in [1.165, 1.54) is 0 Å². The summed E-state index contributed by atoms with van der Waals surface area (Å²) in [7, 11) is 0. The van der Waals surface area contributed by atoms with Gasteiger partial charge in [-0.05, 0) is 34.9 Å². The predicted molar refractivity (Wildman–Crippen MR) is 90.0 cm³/mol. The number of pyridine rings is 1. The average Bonchev–Trinajstić information content (AvgIpc) is 2.95. The van der Waals surface area contributed by atoms with Gasteiger partial charge in [-0.1, -0.05) is 35.4 Å². The van der Waals surface area contributed by atoms with Crippen LogP contribution >= 0.6 is 0 Å². The van der Waals surface area contributed by atoms with Gasteiger partial charge in [-0.2, -0.15) is 0 Å². The molecule has 0 spiro atoms. The van der Waals surface area contributed by atoms with Crippen LogP contribution in [0.25, 0.3) is 22.6 Å². The van der Waals surface area contributed by atoms with E-state index in [1.807, 2.05) is 6.07 Å². The molecular weight excluding hydrogens is 306 g/mol. The number of esters is 1. The Hall–Kier alpha value is -3.70. The monoisotopic (exact) mass is 317 g/mol. The Labute approximate surface area is 137 Å². The van der Waals surface area contributed by atoms with Crippen molar-refractivity contribution in [3.05, 3.63) is 82.1 Å². The minimum atomic E-state index is -0.503. The zero-order chi connectivity index (χ0) is 16.8. The maximum absolute atomic E-state index is 11.8. The third-order valence-corrected chi connectivity index (χ3v) is 3.10. The molecule has 1 aliphatic rings. The highest BCUT2D eigenvalue weighted by atomic mass is 16.6. The van der Waals surface area contributed by atoms with Crippen molar-refractivity contribution in [2.75, 3.05) is 0 Å². The lowest BCUT2D eigenvalue weighted by molar-refractivity contribution is -0.129. The second-order valence-corrected chi connectivity index (χ2v) is 4.77. The van der Waals surface area contributed by atoms with Gasteiger partial charge in [0.05, 0.1) is 0 Å². The van der Waals surface area contributed by atoms with Crippen molar-refractivity contribution >= 4 is 29.7 Å². The lowest BCUT2D eigenvalue weighted by Crippen LogP contribution is -2.01. The van der Waals surface area contributed by atoms with E-state index in [4.69, 9.17) is 10.3 Å². The van der Waals surface area contributed by atoms with Crippen molar-refractivity contribution in [2.24, 2.45) is 10.1 Å². The maximum Gasteiger partial charge on any atom is 0.363 e. The van der Waals surface area contributed by atoms with Gasteiger partial charge >= 0.3 is 5.97 Å². The van der Waals surface area contributed by atoms with E-state index in [2.05, 4.69) is 20.0 Å². The number of hydrogen-bond acceptors (Lipinski definition) is 5. The van der Waals surface area contributed by atoms with E-state index >= 15 is 0 Å². The summed E-state index contributed by atoms with van der Waals surface area (Å²) in [6.07, 6.45) is 8.25. The van der Waals surface area contributed by atoms with Crippen LogP contribution in [0.4, 0.5) is 5.69 Å². The summed E-state index contributed by atoms with van der Waals surface area (Å²) >= 11 is 0. The number of benzene rings is 1. The van der Waals surface area contributed by atoms with E-state index in [1.54, 1.807) is 61.0 Å². The van der Waals surface area contributed by atoms with Gasteiger partial charge in [0, 0.05) is 29.1 Å². The first-order valence-electron chi connectivity index (χ1n) is 7.00. The topological polar surface area (TPSA) is 100 Å². The van der Waals surface area contributed by atoms with Gasteiger partial charge in [-0.15, -0.1) is 0 Å². The Morgan fingerprint density at radius 1 is 1.12 bits per heavy atom. The summed E-state index contributed by atoms with van der Waals surface area (Å²) < 4.78 is 5.10. The van der Waals surface area contributed by atoms with E-state index in [9.17, 15) is 4.79 Å². The summed E-state index contributed by atoms with van der Waals surface area (Å²) in [5, 5.41) is 3.50. The van der Waals surface area contributed by atoms with Crippen LogP contribution in [0.2, 0.25) is 0 Å². The summed E-state index contributed by atoms with van der Waals surface area (Å²) in [5.74, 6) is -0.286. The molecule has 1 aromatic heterocycles. The van der Waals surface area contributed by atoms with Gasteiger partial charge in [0.2, 0.25) is 5.90 Å². The number of ether oxygens (including phenoxy) is 1. The Morgan fingerprint density at radius 3 is 2.67 bits per heavy atom. The highest BCUT2D eigenvalue weighted by Gasteiger charge is 2.20. The fourth-order valence-corrected chi connectivity index (χ4v) is 1.99. The molecule has 3 rings (SSSR count). The molecule has 24 heavy (non-hydrogen) atoms. The minimum Gasteiger partial charge on any atom is -0.403 e. The van der Waals surface area contributed by atoms with Crippen molar-refractivity contribution in [3.8, 4) is 0 Å². The van der Waals surface area contributed by atoms with Crippen LogP contribution in [0.5, 0.6) is 0 Å². The highest BCUT2D eigenvalue weighted by molar-refractivity contribution is 6.11. The molecule has 0 N–H and O–H groups in total. The van der Waals surface area contributed by atoms with Gasteiger partial charge < -0.3 is 4.74 Å². The quantitative estimate of drug-likeness (QED) is 0.280. The van der Waals surface area contributed by atoms with Crippen molar-refractivity contribution < 1.29 is 9.53 Å². The Bertz CT molecular complexity index is 892. The molecule has 116 valence electrons. The molecule has 1 aliphatic heterocycles. The summed E-state index contributed by atoms with van der Waals surface area (Å²) in [6.45, 7) is 0. The fraction of sp³-hybridized carbons (Fsp3) is 0. The summed E-state index contributed by atoms with van der Waals surface area (Å²) in [5.41, 5.74) is 10.7. The van der Waals surface area contributed by atoms with Crippen LogP contribution in [0.15, 0.2) is 70.7 Å². The molecule has 7 heteroatoms. The Kier molecular flexibility index (Phi) is 4.46. The van der Waals surface area contributed by atoms with Gasteiger partial charge in [0.15, 0.2) is 5.70 Å². The minimum absolute atomic E-state index is 0.217. The van der Waals surface area contributed by atoms with E-state index in [0.29, 0.717) is 5.69 Å². The number of aromatic nitrogens is 1. The van der Waals surface area contributed by atoms with Crippen molar-refractivity contribution in [1.29, 1.82) is 0 Å². The lowest BCUT2D eigenvalue weighted by Gasteiger charge is -1.94.